The Morgan fingerprint density at radius 1 is 1.24 bits per heavy atom. The van der Waals surface area contributed by atoms with Crippen LogP contribution in [0.5, 0.6) is 0 Å². The topological polar surface area (TPSA) is 104 Å². The molecule has 1 saturated heterocycles. The summed E-state index contributed by atoms with van der Waals surface area (Å²) in [4.78, 5) is 13.3. The summed E-state index contributed by atoms with van der Waals surface area (Å²) in [5.74, 6) is -0.331. The first kappa shape index (κ1) is 17.6. The number of carbonyl (C=O) groups excluding carboxylic acids is 1. The van der Waals surface area contributed by atoms with E-state index in [0.717, 1.165) is 48.5 Å². The molecule has 0 spiro atoms. The first-order chi connectivity index (χ1) is 11.8. The van der Waals surface area contributed by atoms with E-state index < -0.39 is 10.0 Å². The number of benzene rings is 1. The molecule has 0 unspecified atom stereocenters. The van der Waals surface area contributed by atoms with Gasteiger partial charge in [-0.3, -0.25) is 9.52 Å². The van der Waals surface area contributed by atoms with Crippen LogP contribution < -0.4 is 14.9 Å². The molecule has 25 heavy (non-hydrogen) atoms. The number of amides is 1. The van der Waals surface area contributed by atoms with Gasteiger partial charge in [0.05, 0.1) is 5.69 Å². The maximum atomic E-state index is 12.6. The minimum atomic E-state index is -3.87. The molecule has 0 radical (unpaired) electrons. The van der Waals surface area contributed by atoms with E-state index in [9.17, 15) is 13.2 Å². The van der Waals surface area contributed by atoms with Crippen LogP contribution in [0, 0.1) is 6.92 Å². The van der Waals surface area contributed by atoms with E-state index in [4.69, 9.17) is 0 Å². The minimum Gasteiger partial charge on any atom is -0.371 e. The Hall–Kier alpha value is -2.20. The molecule has 2 N–H and O–H groups in total. The molecule has 8 nitrogen and oxygen atoms in total. The number of nitrogens with zero attached hydrogens (tertiary/aromatic N) is 3. The number of aromatic nitrogens is 2. The molecular formula is C15H19N5O3S2. The number of aryl methyl sites for hydroxylation is 1. The summed E-state index contributed by atoms with van der Waals surface area (Å²) < 4.78 is 27.5. The van der Waals surface area contributed by atoms with Crippen LogP contribution in [0.2, 0.25) is 0 Å². The predicted octanol–water partition coefficient (Wildman–Crippen LogP) is 2.21. The Kier molecular flexibility index (Phi) is 4.91. The van der Waals surface area contributed by atoms with Crippen LogP contribution in [0.4, 0.5) is 16.5 Å². The molecule has 1 fully saturated rings. The molecule has 1 aliphatic rings. The third kappa shape index (κ3) is 4.07. The van der Waals surface area contributed by atoms with Crippen molar-refractivity contribution in [1.82, 2.24) is 10.2 Å². The van der Waals surface area contributed by atoms with Crippen LogP contribution in [-0.4, -0.2) is 37.6 Å². The summed E-state index contributed by atoms with van der Waals surface area (Å²) >= 11 is 0.808. The third-order valence-electron chi connectivity index (χ3n) is 3.86. The molecule has 0 bridgehead atoms. The molecule has 1 aromatic carbocycles. The van der Waals surface area contributed by atoms with Crippen molar-refractivity contribution >= 4 is 43.8 Å². The van der Waals surface area contributed by atoms with Gasteiger partial charge in [0.2, 0.25) is 11.0 Å². The quantitative estimate of drug-likeness (QED) is 0.770. The number of carbonyl (C=O) groups is 1. The molecule has 2 aromatic rings. The zero-order chi connectivity index (χ0) is 18.0. The maximum Gasteiger partial charge on any atom is 0.291 e. The second kappa shape index (κ2) is 6.96. The lowest BCUT2D eigenvalue weighted by atomic mass is 10.2. The van der Waals surface area contributed by atoms with Gasteiger partial charge in [-0.1, -0.05) is 17.4 Å². The number of hydrogen-bond acceptors (Lipinski definition) is 7. The number of hydrogen-bond donors (Lipinski definition) is 2. The van der Waals surface area contributed by atoms with E-state index in [2.05, 4.69) is 25.1 Å². The molecule has 2 heterocycles. The monoisotopic (exact) mass is 381 g/mol. The normalized spacial score (nSPS) is 14.6. The van der Waals surface area contributed by atoms with Crippen molar-refractivity contribution in [2.75, 3.05) is 28.0 Å². The Bertz CT molecular complexity index is 888. The summed E-state index contributed by atoms with van der Waals surface area (Å²) in [6.45, 7) is 5.12. The summed E-state index contributed by atoms with van der Waals surface area (Å²) in [6, 6.07) is 5.74. The van der Waals surface area contributed by atoms with Crippen molar-refractivity contribution in [3.8, 4) is 0 Å². The molecule has 10 heteroatoms. The van der Waals surface area contributed by atoms with E-state index in [1.807, 2.05) is 25.1 Å². The molecule has 3 rings (SSSR count). The first-order valence-electron chi connectivity index (χ1n) is 7.85. The molecular weight excluding hydrogens is 362 g/mol. The fourth-order valence-electron chi connectivity index (χ4n) is 2.60. The Morgan fingerprint density at radius 3 is 2.64 bits per heavy atom. The van der Waals surface area contributed by atoms with Gasteiger partial charge in [0, 0.05) is 25.7 Å². The molecule has 1 aliphatic heterocycles. The second-order valence-corrected chi connectivity index (χ2v) is 8.69. The predicted molar refractivity (Wildman–Crippen MR) is 97.6 cm³/mol. The van der Waals surface area contributed by atoms with Gasteiger partial charge >= 0.3 is 0 Å². The van der Waals surface area contributed by atoms with Gasteiger partial charge in [0.1, 0.15) is 0 Å². The van der Waals surface area contributed by atoms with Crippen molar-refractivity contribution < 1.29 is 13.2 Å². The SMILES string of the molecule is CC(=O)Nc1nnc(S(=O)(=O)Nc2cc(N3CCCC3)ccc2C)s1. The summed E-state index contributed by atoms with van der Waals surface area (Å²) in [7, 11) is -3.87. The van der Waals surface area contributed by atoms with Crippen molar-refractivity contribution in [3.63, 3.8) is 0 Å². The van der Waals surface area contributed by atoms with E-state index in [1.165, 1.54) is 6.92 Å². The Morgan fingerprint density at radius 2 is 1.96 bits per heavy atom. The van der Waals surface area contributed by atoms with Gasteiger partial charge in [-0.2, -0.15) is 8.42 Å². The lowest BCUT2D eigenvalue weighted by molar-refractivity contribution is -0.114. The van der Waals surface area contributed by atoms with Crippen molar-refractivity contribution in [2.45, 2.75) is 31.0 Å². The average Bonchev–Trinajstić information content (AvgIpc) is 3.20. The summed E-state index contributed by atoms with van der Waals surface area (Å²) in [5, 5.41) is 9.91. The van der Waals surface area contributed by atoms with Crippen LogP contribution in [0.15, 0.2) is 22.5 Å². The Labute approximate surface area is 150 Å². The zero-order valence-electron chi connectivity index (χ0n) is 13.9. The van der Waals surface area contributed by atoms with E-state index in [-0.39, 0.29) is 15.4 Å². The van der Waals surface area contributed by atoms with E-state index in [1.54, 1.807) is 0 Å². The van der Waals surface area contributed by atoms with Gasteiger partial charge < -0.3 is 10.2 Å². The molecule has 0 atom stereocenters. The fraction of sp³-hybridized carbons (Fsp3) is 0.400. The highest BCUT2D eigenvalue weighted by Gasteiger charge is 2.22. The van der Waals surface area contributed by atoms with Gasteiger partial charge in [-0.25, -0.2) is 0 Å². The maximum absolute atomic E-state index is 12.6. The highest BCUT2D eigenvalue weighted by Crippen LogP contribution is 2.29. The van der Waals surface area contributed by atoms with Crippen LogP contribution in [0.3, 0.4) is 0 Å². The molecule has 0 saturated carbocycles. The first-order valence-corrected chi connectivity index (χ1v) is 10.1. The highest BCUT2D eigenvalue weighted by molar-refractivity contribution is 7.94. The molecule has 134 valence electrons. The number of rotatable bonds is 5. The molecule has 1 amide bonds. The minimum absolute atomic E-state index is 0.149. The lowest BCUT2D eigenvalue weighted by Crippen LogP contribution is -2.18. The zero-order valence-corrected chi connectivity index (χ0v) is 15.6. The molecule has 0 aliphatic carbocycles. The largest absolute Gasteiger partial charge is 0.371 e. The molecule has 1 aromatic heterocycles. The average molecular weight is 381 g/mol. The summed E-state index contributed by atoms with van der Waals surface area (Å²) in [5.41, 5.74) is 2.33. The van der Waals surface area contributed by atoms with Crippen molar-refractivity contribution in [3.05, 3.63) is 23.8 Å². The van der Waals surface area contributed by atoms with Crippen LogP contribution >= 0.6 is 11.3 Å². The van der Waals surface area contributed by atoms with E-state index >= 15 is 0 Å². The van der Waals surface area contributed by atoms with Crippen LogP contribution in [0.25, 0.3) is 0 Å². The Balaban J connectivity index is 1.83. The highest BCUT2D eigenvalue weighted by atomic mass is 32.2. The van der Waals surface area contributed by atoms with Gasteiger partial charge in [-0.15, -0.1) is 10.2 Å². The fourth-order valence-corrected chi connectivity index (χ4v) is 4.67. The number of nitrogens with one attached hydrogen (secondary N) is 2. The van der Waals surface area contributed by atoms with Gasteiger partial charge in [0.15, 0.2) is 0 Å². The van der Waals surface area contributed by atoms with E-state index in [0.29, 0.717) is 5.69 Å². The van der Waals surface area contributed by atoms with Gasteiger partial charge in [-0.05, 0) is 37.5 Å². The van der Waals surface area contributed by atoms with Gasteiger partial charge in [0.25, 0.3) is 14.4 Å². The smallest absolute Gasteiger partial charge is 0.291 e. The number of anilines is 3. The third-order valence-corrected chi connectivity index (χ3v) is 6.43. The van der Waals surface area contributed by atoms with Crippen molar-refractivity contribution in [2.24, 2.45) is 0 Å². The van der Waals surface area contributed by atoms with Crippen molar-refractivity contribution in [1.29, 1.82) is 0 Å². The summed E-state index contributed by atoms with van der Waals surface area (Å²) in [6.07, 6.45) is 2.29. The van der Waals surface area contributed by atoms with Crippen LogP contribution in [0.1, 0.15) is 25.3 Å². The van der Waals surface area contributed by atoms with Crippen LogP contribution in [-0.2, 0) is 14.8 Å². The number of sulfonamides is 1. The second-order valence-electron chi connectivity index (χ2n) is 5.85. The standard InChI is InChI=1S/C15H19N5O3S2/c1-10-5-6-12(20-7-3-4-8-20)9-13(10)19-25(22,23)15-18-17-14(24-15)16-11(2)21/h5-6,9,19H,3-4,7-8H2,1-2H3,(H,16,17,21). The lowest BCUT2D eigenvalue weighted by Gasteiger charge is -2.19.